The van der Waals surface area contributed by atoms with Gasteiger partial charge in [0.1, 0.15) is 5.75 Å². The average molecular weight is 233 g/mol. The molecule has 3 heteroatoms. The van der Waals surface area contributed by atoms with E-state index in [1.165, 1.54) is 5.56 Å². The number of benzene rings is 1. The molecule has 0 spiro atoms. The van der Waals surface area contributed by atoms with Crippen molar-refractivity contribution < 1.29 is 9.47 Å². The van der Waals surface area contributed by atoms with Crippen LogP contribution in [0, 0.1) is 0 Å². The second-order valence-electron chi connectivity index (χ2n) is 5.19. The van der Waals surface area contributed by atoms with Gasteiger partial charge in [0.05, 0.1) is 25.2 Å². The zero-order valence-electron chi connectivity index (χ0n) is 10.2. The van der Waals surface area contributed by atoms with E-state index in [2.05, 4.69) is 12.1 Å². The second kappa shape index (κ2) is 3.72. The minimum Gasteiger partial charge on any atom is -0.494 e. The Morgan fingerprint density at radius 3 is 2.65 bits per heavy atom. The third-order valence-corrected chi connectivity index (χ3v) is 4.14. The maximum atomic E-state index is 6.42. The van der Waals surface area contributed by atoms with Gasteiger partial charge in [-0.1, -0.05) is 12.1 Å². The first kappa shape index (κ1) is 11.1. The van der Waals surface area contributed by atoms with Crippen LogP contribution < -0.4 is 10.5 Å². The Kier molecular flexibility index (Phi) is 2.42. The fourth-order valence-corrected chi connectivity index (χ4v) is 2.71. The first-order valence-corrected chi connectivity index (χ1v) is 6.30. The van der Waals surface area contributed by atoms with Gasteiger partial charge in [-0.25, -0.2) is 0 Å². The van der Waals surface area contributed by atoms with E-state index in [-0.39, 0.29) is 11.0 Å². The van der Waals surface area contributed by atoms with Crippen molar-refractivity contribution in [2.75, 3.05) is 19.8 Å². The molecule has 3 nitrogen and oxygen atoms in total. The lowest BCUT2D eigenvalue weighted by Crippen LogP contribution is -2.60. The second-order valence-corrected chi connectivity index (χ2v) is 5.19. The quantitative estimate of drug-likeness (QED) is 0.863. The minimum atomic E-state index is -0.0455. The van der Waals surface area contributed by atoms with Gasteiger partial charge in [-0.2, -0.15) is 0 Å². The van der Waals surface area contributed by atoms with Crippen molar-refractivity contribution in [3.63, 3.8) is 0 Å². The maximum absolute atomic E-state index is 6.42. The Bertz CT molecular complexity index is 422. The summed E-state index contributed by atoms with van der Waals surface area (Å²) in [6.45, 7) is 4.19. The number of hydrogen-bond acceptors (Lipinski definition) is 3. The Morgan fingerprint density at radius 2 is 2.12 bits per heavy atom. The number of rotatable bonds is 4. The summed E-state index contributed by atoms with van der Waals surface area (Å²) in [5.74, 6) is 0.931. The van der Waals surface area contributed by atoms with Gasteiger partial charge >= 0.3 is 0 Å². The van der Waals surface area contributed by atoms with Gasteiger partial charge < -0.3 is 15.2 Å². The van der Waals surface area contributed by atoms with Crippen molar-refractivity contribution in [1.29, 1.82) is 0 Å². The average Bonchev–Trinajstić information content (AvgIpc) is 2.97. The molecule has 2 aliphatic rings. The van der Waals surface area contributed by atoms with Crippen LogP contribution in [0.5, 0.6) is 5.75 Å². The fraction of sp³-hybridized carbons (Fsp3) is 0.571. The van der Waals surface area contributed by atoms with Gasteiger partial charge in [-0.05, 0) is 37.5 Å². The predicted molar refractivity (Wildman–Crippen MR) is 66.3 cm³/mol. The van der Waals surface area contributed by atoms with Gasteiger partial charge in [0.15, 0.2) is 0 Å². The van der Waals surface area contributed by atoms with Crippen LogP contribution in [0.3, 0.4) is 0 Å². The molecule has 2 N–H and O–H groups in total. The summed E-state index contributed by atoms with van der Waals surface area (Å²) in [7, 11) is 0. The largest absolute Gasteiger partial charge is 0.494 e. The van der Waals surface area contributed by atoms with E-state index in [1.54, 1.807) is 0 Å². The Hall–Kier alpha value is -1.06. The highest BCUT2D eigenvalue weighted by Gasteiger charge is 2.61. The summed E-state index contributed by atoms with van der Waals surface area (Å²) in [5.41, 5.74) is 7.68. The standard InChI is InChI=1S/C14H19NO2/c1-2-17-12-5-3-4-11(8-12)13(9-16-10-13)14(15)6-7-14/h3-5,8H,2,6-7,9-10,15H2,1H3. The lowest BCUT2D eigenvalue weighted by molar-refractivity contribution is -0.0786. The smallest absolute Gasteiger partial charge is 0.119 e. The van der Waals surface area contributed by atoms with Gasteiger partial charge in [-0.3, -0.25) is 0 Å². The molecular formula is C14H19NO2. The number of nitrogens with two attached hydrogens (primary N) is 1. The van der Waals surface area contributed by atoms with Crippen LogP contribution in [-0.4, -0.2) is 25.4 Å². The van der Waals surface area contributed by atoms with Gasteiger partial charge in [0.25, 0.3) is 0 Å². The topological polar surface area (TPSA) is 44.5 Å². The molecule has 0 atom stereocenters. The zero-order chi connectivity index (χ0) is 11.9. The third-order valence-electron chi connectivity index (χ3n) is 4.14. The Balaban J connectivity index is 1.94. The molecular weight excluding hydrogens is 214 g/mol. The van der Waals surface area contributed by atoms with Crippen molar-refractivity contribution in [2.45, 2.75) is 30.7 Å². The molecule has 0 unspecified atom stereocenters. The van der Waals surface area contributed by atoms with E-state index in [1.807, 2.05) is 19.1 Å². The van der Waals surface area contributed by atoms with Crippen LogP contribution in [0.2, 0.25) is 0 Å². The van der Waals surface area contributed by atoms with Crippen LogP contribution in [-0.2, 0) is 10.2 Å². The lowest BCUT2D eigenvalue weighted by atomic mass is 9.70. The summed E-state index contributed by atoms with van der Waals surface area (Å²) < 4.78 is 11.0. The SMILES string of the molecule is CCOc1cccc(C2(C3(N)CC3)COC2)c1. The Labute approximate surface area is 102 Å². The molecule has 2 fully saturated rings. The molecule has 0 amide bonds. The van der Waals surface area contributed by atoms with Gasteiger partial charge in [0.2, 0.25) is 0 Å². The minimum absolute atomic E-state index is 0.0279. The molecule has 1 aliphatic carbocycles. The van der Waals surface area contributed by atoms with Crippen LogP contribution in [0.1, 0.15) is 25.3 Å². The molecule has 1 heterocycles. The summed E-state index contributed by atoms with van der Waals surface area (Å²) in [4.78, 5) is 0. The summed E-state index contributed by atoms with van der Waals surface area (Å²) in [6, 6.07) is 8.32. The molecule has 3 rings (SSSR count). The highest BCUT2D eigenvalue weighted by Crippen LogP contribution is 2.53. The van der Waals surface area contributed by atoms with Crippen LogP contribution in [0.15, 0.2) is 24.3 Å². The van der Waals surface area contributed by atoms with Crippen LogP contribution in [0.25, 0.3) is 0 Å². The van der Waals surface area contributed by atoms with Gasteiger partial charge in [0, 0.05) is 5.54 Å². The number of hydrogen-bond donors (Lipinski definition) is 1. The number of ether oxygens (including phenoxy) is 2. The van der Waals surface area contributed by atoms with E-state index in [0.717, 1.165) is 31.8 Å². The molecule has 17 heavy (non-hydrogen) atoms. The molecule has 0 radical (unpaired) electrons. The van der Waals surface area contributed by atoms with Crippen molar-refractivity contribution in [2.24, 2.45) is 5.73 Å². The van der Waals surface area contributed by atoms with Crippen molar-refractivity contribution in [1.82, 2.24) is 0 Å². The maximum Gasteiger partial charge on any atom is 0.119 e. The van der Waals surface area contributed by atoms with Crippen LogP contribution in [0.4, 0.5) is 0 Å². The highest BCUT2D eigenvalue weighted by molar-refractivity contribution is 5.41. The molecule has 1 aromatic rings. The molecule has 92 valence electrons. The molecule has 1 saturated heterocycles. The molecule has 1 aliphatic heterocycles. The summed E-state index contributed by atoms with van der Waals surface area (Å²) in [6.07, 6.45) is 2.21. The van der Waals surface area contributed by atoms with E-state index in [9.17, 15) is 0 Å². The fourth-order valence-electron chi connectivity index (χ4n) is 2.71. The molecule has 1 aromatic carbocycles. The molecule has 1 saturated carbocycles. The van der Waals surface area contributed by atoms with E-state index < -0.39 is 0 Å². The zero-order valence-corrected chi connectivity index (χ0v) is 10.2. The lowest BCUT2D eigenvalue weighted by Gasteiger charge is -2.47. The monoisotopic (exact) mass is 233 g/mol. The molecule has 0 bridgehead atoms. The summed E-state index contributed by atoms with van der Waals surface area (Å²) in [5, 5.41) is 0. The van der Waals surface area contributed by atoms with Crippen LogP contribution >= 0.6 is 0 Å². The first-order valence-electron chi connectivity index (χ1n) is 6.30. The van der Waals surface area contributed by atoms with Gasteiger partial charge in [-0.15, -0.1) is 0 Å². The Morgan fingerprint density at radius 1 is 1.35 bits per heavy atom. The normalized spacial score (nSPS) is 23.9. The van der Waals surface area contributed by atoms with Crippen molar-refractivity contribution in [3.8, 4) is 5.75 Å². The van der Waals surface area contributed by atoms with E-state index >= 15 is 0 Å². The first-order chi connectivity index (χ1) is 8.20. The third kappa shape index (κ3) is 1.57. The van der Waals surface area contributed by atoms with Crippen molar-refractivity contribution >= 4 is 0 Å². The summed E-state index contributed by atoms with van der Waals surface area (Å²) >= 11 is 0. The molecule has 0 aromatic heterocycles. The van der Waals surface area contributed by atoms with E-state index in [4.69, 9.17) is 15.2 Å². The highest BCUT2D eigenvalue weighted by atomic mass is 16.5. The van der Waals surface area contributed by atoms with Crippen molar-refractivity contribution in [3.05, 3.63) is 29.8 Å². The predicted octanol–water partition coefficient (Wildman–Crippen LogP) is 1.84. The van der Waals surface area contributed by atoms with E-state index in [0.29, 0.717) is 6.61 Å².